The van der Waals surface area contributed by atoms with Crippen LogP contribution in [0.5, 0.6) is 5.75 Å². The number of amides is 1. The molecule has 1 fully saturated rings. The number of phenolic OH excluding ortho intramolecular Hbond substituents is 1. The SMILES string of the molecule is CC1CN(C(=O)c2ccc(Br)c(O)c2)CC(CBr)O1. The molecule has 0 aliphatic carbocycles. The molecule has 1 aliphatic rings. The first-order chi connectivity index (χ1) is 9.01. The van der Waals surface area contributed by atoms with Gasteiger partial charge in [0, 0.05) is 24.0 Å². The second-order valence-corrected chi connectivity index (χ2v) is 6.10. The van der Waals surface area contributed by atoms with Crippen molar-refractivity contribution in [1.82, 2.24) is 4.90 Å². The second-order valence-electron chi connectivity index (χ2n) is 4.60. The molecule has 104 valence electrons. The predicted octanol–water partition coefficient (Wildman–Crippen LogP) is 2.78. The van der Waals surface area contributed by atoms with Gasteiger partial charge in [0.2, 0.25) is 0 Å². The molecular weight excluding hydrogens is 378 g/mol. The van der Waals surface area contributed by atoms with Crippen LogP contribution in [0.2, 0.25) is 0 Å². The summed E-state index contributed by atoms with van der Waals surface area (Å²) in [4.78, 5) is 14.2. The summed E-state index contributed by atoms with van der Waals surface area (Å²) in [6.45, 7) is 3.08. The largest absolute Gasteiger partial charge is 0.507 e. The zero-order chi connectivity index (χ0) is 14.0. The van der Waals surface area contributed by atoms with Gasteiger partial charge in [0.15, 0.2) is 0 Å². The van der Waals surface area contributed by atoms with Gasteiger partial charge in [-0.15, -0.1) is 0 Å². The minimum Gasteiger partial charge on any atom is -0.507 e. The van der Waals surface area contributed by atoms with Gasteiger partial charge in [0.1, 0.15) is 5.75 Å². The molecule has 2 unspecified atom stereocenters. The Hall–Kier alpha value is -0.590. The van der Waals surface area contributed by atoms with Crippen LogP contribution >= 0.6 is 31.9 Å². The summed E-state index contributed by atoms with van der Waals surface area (Å²) in [7, 11) is 0. The Kier molecular flexibility index (Phi) is 4.86. The fourth-order valence-electron chi connectivity index (χ4n) is 2.12. The maximum atomic E-state index is 12.4. The maximum Gasteiger partial charge on any atom is 0.254 e. The van der Waals surface area contributed by atoms with Crippen LogP contribution in [0.3, 0.4) is 0 Å². The molecule has 0 spiro atoms. The normalized spacial score (nSPS) is 23.4. The number of aromatic hydroxyl groups is 1. The molecule has 0 saturated carbocycles. The molecule has 1 aromatic carbocycles. The number of carbonyl (C=O) groups is 1. The number of phenols is 1. The number of morpholine rings is 1. The van der Waals surface area contributed by atoms with E-state index in [9.17, 15) is 9.90 Å². The molecule has 2 rings (SSSR count). The number of nitrogens with zero attached hydrogens (tertiary/aromatic N) is 1. The first kappa shape index (κ1) is 14.8. The third-order valence-electron chi connectivity index (χ3n) is 2.98. The summed E-state index contributed by atoms with van der Waals surface area (Å²) < 4.78 is 6.28. The van der Waals surface area contributed by atoms with E-state index in [1.165, 1.54) is 6.07 Å². The zero-order valence-corrected chi connectivity index (χ0v) is 13.6. The van der Waals surface area contributed by atoms with Crippen LogP contribution in [-0.4, -0.2) is 46.5 Å². The Bertz CT molecular complexity index is 481. The summed E-state index contributed by atoms with van der Waals surface area (Å²) >= 11 is 6.59. The smallest absolute Gasteiger partial charge is 0.254 e. The van der Waals surface area contributed by atoms with Crippen molar-refractivity contribution >= 4 is 37.8 Å². The molecule has 19 heavy (non-hydrogen) atoms. The average molecular weight is 393 g/mol. The van der Waals surface area contributed by atoms with E-state index in [1.54, 1.807) is 17.0 Å². The van der Waals surface area contributed by atoms with E-state index < -0.39 is 0 Å². The van der Waals surface area contributed by atoms with Crippen LogP contribution in [0.1, 0.15) is 17.3 Å². The number of carbonyl (C=O) groups excluding carboxylic acids is 1. The Labute approximate surface area is 129 Å². The highest BCUT2D eigenvalue weighted by atomic mass is 79.9. The van der Waals surface area contributed by atoms with Crippen LogP contribution in [0.4, 0.5) is 0 Å². The van der Waals surface area contributed by atoms with Crippen molar-refractivity contribution in [2.45, 2.75) is 19.1 Å². The van der Waals surface area contributed by atoms with Crippen molar-refractivity contribution in [3.05, 3.63) is 28.2 Å². The summed E-state index contributed by atoms with van der Waals surface area (Å²) in [5, 5.41) is 10.3. The summed E-state index contributed by atoms with van der Waals surface area (Å²) in [6, 6.07) is 4.86. The molecule has 1 aliphatic heterocycles. The molecule has 0 aromatic heterocycles. The van der Waals surface area contributed by atoms with Crippen LogP contribution < -0.4 is 0 Å². The highest BCUT2D eigenvalue weighted by Gasteiger charge is 2.28. The summed E-state index contributed by atoms with van der Waals surface area (Å²) in [5.41, 5.74) is 0.489. The molecule has 0 bridgehead atoms. The van der Waals surface area contributed by atoms with Gasteiger partial charge in [-0.2, -0.15) is 0 Å². The Morgan fingerprint density at radius 3 is 2.89 bits per heavy atom. The van der Waals surface area contributed by atoms with Crippen molar-refractivity contribution in [1.29, 1.82) is 0 Å². The Morgan fingerprint density at radius 1 is 1.53 bits per heavy atom. The first-order valence-electron chi connectivity index (χ1n) is 6.00. The Balaban J connectivity index is 2.16. The highest BCUT2D eigenvalue weighted by molar-refractivity contribution is 9.10. The van der Waals surface area contributed by atoms with Crippen LogP contribution in [0.15, 0.2) is 22.7 Å². The fourth-order valence-corrected chi connectivity index (χ4v) is 2.73. The van der Waals surface area contributed by atoms with Gasteiger partial charge in [-0.05, 0) is 41.1 Å². The van der Waals surface area contributed by atoms with Gasteiger partial charge >= 0.3 is 0 Å². The first-order valence-corrected chi connectivity index (χ1v) is 7.92. The average Bonchev–Trinajstić information content (AvgIpc) is 2.40. The second kappa shape index (κ2) is 6.24. The van der Waals surface area contributed by atoms with Gasteiger partial charge < -0.3 is 14.7 Å². The molecule has 1 aromatic rings. The highest BCUT2D eigenvalue weighted by Crippen LogP contribution is 2.25. The topological polar surface area (TPSA) is 49.8 Å². The molecule has 6 heteroatoms. The zero-order valence-electron chi connectivity index (χ0n) is 10.5. The summed E-state index contributed by atoms with van der Waals surface area (Å²) in [5.74, 6) is -0.00639. The van der Waals surface area contributed by atoms with Crippen LogP contribution in [0, 0.1) is 0 Å². The van der Waals surface area contributed by atoms with Gasteiger partial charge in [0.05, 0.1) is 16.7 Å². The molecule has 1 amide bonds. The molecule has 2 atom stereocenters. The Morgan fingerprint density at radius 2 is 2.26 bits per heavy atom. The molecule has 1 heterocycles. The number of halogens is 2. The minimum absolute atomic E-state index is 0.0109. The van der Waals surface area contributed by atoms with E-state index in [4.69, 9.17) is 4.74 Å². The monoisotopic (exact) mass is 391 g/mol. The number of ether oxygens (including phenoxy) is 1. The molecule has 4 nitrogen and oxygen atoms in total. The van der Waals surface area contributed by atoms with Gasteiger partial charge in [-0.3, -0.25) is 4.79 Å². The molecule has 0 radical (unpaired) electrons. The number of rotatable bonds is 2. The van der Waals surface area contributed by atoms with Crippen molar-refractivity contribution in [3.8, 4) is 5.75 Å². The maximum absolute atomic E-state index is 12.4. The molecule has 1 N–H and O–H groups in total. The van der Waals surface area contributed by atoms with E-state index >= 15 is 0 Å². The van der Waals surface area contributed by atoms with E-state index in [2.05, 4.69) is 31.9 Å². The quantitative estimate of drug-likeness (QED) is 0.787. The summed E-state index contributed by atoms with van der Waals surface area (Å²) in [6.07, 6.45) is 0.0287. The predicted molar refractivity (Wildman–Crippen MR) is 79.8 cm³/mol. The van der Waals surface area contributed by atoms with Crippen molar-refractivity contribution < 1.29 is 14.6 Å². The lowest BCUT2D eigenvalue weighted by Gasteiger charge is -2.36. The van der Waals surface area contributed by atoms with Crippen molar-refractivity contribution in [2.24, 2.45) is 0 Å². The van der Waals surface area contributed by atoms with E-state index in [0.717, 1.165) is 0 Å². The lowest BCUT2D eigenvalue weighted by Crippen LogP contribution is -2.49. The third kappa shape index (κ3) is 3.49. The van der Waals surface area contributed by atoms with Crippen molar-refractivity contribution in [3.63, 3.8) is 0 Å². The standard InChI is InChI=1S/C13H15Br2NO3/c1-8-6-16(7-10(5-14)19-8)13(18)9-2-3-11(15)12(17)4-9/h2-4,8,10,17H,5-7H2,1H3. The van der Waals surface area contributed by atoms with E-state index in [-0.39, 0.29) is 23.9 Å². The van der Waals surface area contributed by atoms with Crippen LogP contribution in [0.25, 0.3) is 0 Å². The number of alkyl halides is 1. The molecular formula is C13H15Br2NO3. The molecule has 1 saturated heterocycles. The van der Waals surface area contributed by atoms with Crippen molar-refractivity contribution in [2.75, 3.05) is 18.4 Å². The minimum atomic E-state index is -0.0797. The lowest BCUT2D eigenvalue weighted by molar-refractivity contribution is -0.0559. The van der Waals surface area contributed by atoms with E-state index in [1.807, 2.05) is 6.92 Å². The van der Waals surface area contributed by atoms with Gasteiger partial charge in [0.25, 0.3) is 5.91 Å². The number of hydrogen-bond donors (Lipinski definition) is 1. The van der Waals surface area contributed by atoms with Gasteiger partial charge in [-0.1, -0.05) is 15.9 Å². The number of benzene rings is 1. The lowest BCUT2D eigenvalue weighted by atomic mass is 10.1. The van der Waals surface area contributed by atoms with E-state index in [0.29, 0.717) is 28.5 Å². The number of hydrogen-bond acceptors (Lipinski definition) is 3. The fraction of sp³-hybridized carbons (Fsp3) is 0.462. The van der Waals surface area contributed by atoms with Gasteiger partial charge in [-0.25, -0.2) is 0 Å². The van der Waals surface area contributed by atoms with Crippen LogP contribution in [-0.2, 0) is 4.74 Å². The third-order valence-corrected chi connectivity index (χ3v) is 4.37.